The monoisotopic (exact) mass is 439 g/mol. The molecule has 3 aromatic rings. The molecule has 1 aliphatic rings. The van der Waals surface area contributed by atoms with E-state index in [1.54, 1.807) is 30.3 Å². The van der Waals surface area contributed by atoms with Crippen LogP contribution in [0.3, 0.4) is 0 Å². The first kappa shape index (κ1) is 20.2. The van der Waals surface area contributed by atoms with Gasteiger partial charge in [-0.05, 0) is 35.4 Å². The Morgan fingerprint density at radius 2 is 1.93 bits per heavy atom. The van der Waals surface area contributed by atoms with E-state index in [0.29, 0.717) is 34.2 Å². The summed E-state index contributed by atoms with van der Waals surface area (Å²) in [6, 6.07) is 14.4. The first-order valence-corrected chi connectivity index (χ1v) is 10.5. The zero-order valence-electron chi connectivity index (χ0n) is 15.9. The number of thiophene rings is 1. The van der Waals surface area contributed by atoms with Crippen molar-refractivity contribution in [2.75, 3.05) is 11.9 Å². The number of carbonyl (C=O) groups excluding carboxylic acids is 1. The summed E-state index contributed by atoms with van der Waals surface area (Å²) in [5.74, 6) is -0.699. The summed E-state index contributed by atoms with van der Waals surface area (Å²) < 4.78 is 5.53. The van der Waals surface area contributed by atoms with Crippen LogP contribution < -0.4 is 10.1 Å². The molecular weight excluding hydrogens is 422 g/mol. The van der Waals surface area contributed by atoms with Gasteiger partial charge in [0.25, 0.3) is 0 Å². The Balaban J connectivity index is 1.80. The maximum Gasteiger partial charge on any atom is 0.346 e. The summed E-state index contributed by atoms with van der Waals surface area (Å²) in [5, 5.41) is 13.3. The van der Waals surface area contributed by atoms with Crippen LogP contribution in [-0.4, -0.2) is 23.6 Å². The van der Waals surface area contributed by atoms with Crippen molar-refractivity contribution in [3.63, 3.8) is 0 Å². The Labute approximate surface area is 182 Å². The molecule has 4 rings (SSSR count). The minimum Gasteiger partial charge on any atom is -0.490 e. The predicted octanol–water partition coefficient (Wildman–Crippen LogP) is 5.81. The quantitative estimate of drug-likeness (QED) is 0.475. The van der Waals surface area contributed by atoms with Crippen LogP contribution in [0.15, 0.2) is 61.2 Å². The Morgan fingerprint density at radius 1 is 1.23 bits per heavy atom. The summed E-state index contributed by atoms with van der Waals surface area (Å²) in [5.41, 5.74) is 2.71. The van der Waals surface area contributed by atoms with Crippen LogP contribution in [0.1, 0.15) is 32.5 Å². The molecule has 0 aliphatic carbocycles. The third-order valence-electron chi connectivity index (χ3n) is 4.88. The fraction of sp³-hybridized carbons (Fsp3) is 0.130. The molecular formula is C23H18ClNO4S. The molecule has 0 spiro atoms. The number of rotatable bonds is 6. The molecule has 7 heteroatoms. The van der Waals surface area contributed by atoms with Gasteiger partial charge in [-0.1, -0.05) is 48.5 Å². The molecule has 1 aromatic heterocycles. The maximum absolute atomic E-state index is 12.5. The van der Waals surface area contributed by atoms with E-state index in [1.165, 1.54) is 11.3 Å². The fourth-order valence-corrected chi connectivity index (χ4v) is 4.92. The van der Waals surface area contributed by atoms with Gasteiger partial charge in [0.2, 0.25) is 5.91 Å². The number of halogens is 1. The standard InChI is InChI=1S/C23H18ClNO4S/c1-2-11-29-16-9-5-13(6-10-16)17-12-18(26)25-20-19(14-3-7-15(24)8-4-14)22(23(27)28)30-21(17)20/h2-10,17H,1,11-12H2,(H,25,26)(H,27,28)/t17-/m1/s1. The average Bonchev–Trinajstić information content (AvgIpc) is 3.12. The molecule has 2 N–H and O–H groups in total. The number of hydrogen-bond acceptors (Lipinski definition) is 4. The Kier molecular flexibility index (Phi) is 5.61. The highest BCUT2D eigenvalue weighted by Crippen LogP contribution is 2.49. The van der Waals surface area contributed by atoms with Crippen molar-refractivity contribution >= 4 is 40.5 Å². The van der Waals surface area contributed by atoms with Crippen LogP contribution >= 0.6 is 22.9 Å². The smallest absolute Gasteiger partial charge is 0.346 e. The van der Waals surface area contributed by atoms with Crippen molar-refractivity contribution in [2.24, 2.45) is 0 Å². The molecule has 152 valence electrons. The Morgan fingerprint density at radius 3 is 2.57 bits per heavy atom. The molecule has 0 radical (unpaired) electrons. The van der Waals surface area contributed by atoms with Gasteiger partial charge >= 0.3 is 5.97 Å². The number of aromatic carboxylic acids is 1. The zero-order valence-corrected chi connectivity index (χ0v) is 17.4. The van der Waals surface area contributed by atoms with E-state index in [4.69, 9.17) is 16.3 Å². The van der Waals surface area contributed by atoms with Gasteiger partial charge in [0, 0.05) is 27.8 Å². The van der Waals surface area contributed by atoms with E-state index in [-0.39, 0.29) is 23.1 Å². The van der Waals surface area contributed by atoms with E-state index < -0.39 is 5.97 Å². The molecule has 1 aliphatic heterocycles. The van der Waals surface area contributed by atoms with Gasteiger partial charge in [-0.2, -0.15) is 0 Å². The van der Waals surface area contributed by atoms with Crippen LogP contribution in [0.2, 0.25) is 5.02 Å². The molecule has 0 bridgehead atoms. The van der Waals surface area contributed by atoms with Crippen LogP contribution in [-0.2, 0) is 4.79 Å². The number of carboxylic acids is 1. The van der Waals surface area contributed by atoms with Gasteiger partial charge in [0.05, 0.1) is 5.69 Å². The van der Waals surface area contributed by atoms with E-state index in [0.717, 1.165) is 10.4 Å². The van der Waals surface area contributed by atoms with Crippen molar-refractivity contribution in [1.29, 1.82) is 0 Å². The van der Waals surface area contributed by atoms with Crippen molar-refractivity contribution in [3.8, 4) is 16.9 Å². The molecule has 5 nitrogen and oxygen atoms in total. The summed E-state index contributed by atoms with van der Waals surface area (Å²) in [6.07, 6.45) is 1.92. The van der Waals surface area contributed by atoms with E-state index in [2.05, 4.69) is 11.9 Å². The van der Waals surface area contributed by atoms with Crippen molar-refractivity contribution in [1.82, 2.24) is 0 Å². The lowest BCUT2D eigenvalue weighted by atomic mass is 9.88. The molecule has 2 aromatic carbocycles. The lowest BCUT2D eigenvalue weighted by molar-refractivity contribution is -0.116. The minimum atomic E-state index is -1.03. The highest BCUT2D eigenvalue weighted by Gasteiger charge is 2.34. The Bertz CT molecular complexity index is 1120. The number of amides is 1. The van der Waals surface area contributed by atoms with Crippen LogP contribution in [0.25, 0.3) is 11.1 Å². The zero-order chi connectivity index (χ0) is 21.3. The SMILES string of the molecule is C=CCOc1ccc([C@H]2CC(=O)Nc3c2sc(C(=O)O)c3-c2ccc(Cl)cc2)cc1. The van der Waals surface area contributed by atoms with Crippen LogP contribution in [0, 0.1) is 0 Å². The summed E-state index contributed by atoms with van der Waals surface area (Å²) in [4.78, 5) is 25.5. The van der Waals surface area contributed by atoms with Crippen LogP contribution in [0.5, 0.6) is 5.75 Å². The summed E-state index contributed by atoms with van der Waals surface area (Å²) in [6.45, 7) is 4.04. The number of anilines is 1. The van der Waals surface area contributed by atoms with Gasteiger partial charge in [-0.25, -0.2) is 4.79 Å². The first-order chi connectivity index (χ1) is 14.5. The maximum atomic E-state index is 12.5. The molecule has 0 fully saturated rings. The van der Waals surface area contributed by atoms with E-state index >= 15 is 0 Å². The van der Waals surface area contributed by atoms with Gasteiger partial charge in [0.15, 0.2) is 0 Å². The van der Waals surface area contributed by atoms with E-state index in [1.807, 2.05) is 24.3 Å². The normalized spacial score (nSPS) is 15.2. The van der Waals surface area contributed by atoms with Crippen molar-refractivity contribution in [3.05, 3.63) is 81.5 Å². The molecule has 1 atom stereocenters. The topological polar surface area (TPSA) is 75.6 Å². The number of nitrogens with one attached hydrogen (secondary N) is 1. The molecule has 1 amide bonds. The average molecular weight is 440 g/mol. The number of ether oxygens (including phenoxy) is 1. The third-order valence-corrected chi connectivity index (χ3v) is 6.43. The second-order valence-electron chi connectivity index (χ2n) is 6.83. The fourth-order valence-electron chi connectivity index (χ4n) is 3.55. The minimum absolute atomic E-state index is 0.149. The predicted molar refractivity (Wildman–Crippen MR) is 119 cm³/mol. The number of benzene rings is 2. The van der Waals surface area contributed by atoms with E-state index in [9.17, 15) is 14.7 Å². The molecule has 30 heavy (non-hydrogen) atoms. The number of hydrogen-bond donors (Lipinski definition) is 2. The summed E-state index contributed by atoms with van der Waals surface area (Å²) in [7, 11) is 0. The number of carbonyl (C=O) groups is 2. The Hall–Kier alpha value is -3.09. The molecule has 2 heterocycles. The van der Waals surface area contributed by atoms with Gasteiger partial charge in [-0.3, -0.25) is 4.79 Å². The van der Waals surface area contributed by atoms with Crippen LogP contribution in [0.4, 0.5) is 5.69 Å². The number of carboxylic acid groups (broad SMARTS) is 1. The van der Waals surface area contributed by atoms with Crippen molar-refractivity contribution in [2.45, 2.75) is 12.3 Å². The lowest BCUT2D eigenvalue weighted by Crippen LogP contribution is -2.22. The first-order valence-electron chi connectivity index (χ1n) is 9.27. The second-order valence-corrected chi connectivity index (χ2v) is 8.32. The van der Waals surface area contributed by atoms with Gasteiger partial charge < -0.3 is 15.2 Å². The highest BCUT2D eigenvalue weighted by atomic mass is 35.5. The summed E-state index contributed by atoms with van der Waals surface area (Å²) >= 11 is 7.19. The van der Waals surface area contributed by atoms with Crippen molar-refractivity contribution < 1.29 is 19.4 Å². The van der Waals surface area contributed by atoms with Gasteiger partial charge in [-0.15, -0.1) is 11.3 Å². The lowest BCUT2D eigenvalue weighted by Gasteiger charge is -2.24. The van der Waals surface area contributed by atoms with Gasteiger partial charge in [0.1, 0.15) is 17.2 Å². The third kappa shape index (κ3) is 3.84. The molecule has 0 saturated heterocycles. The molecule has 0 unspecified atom stereocenters. The molecule has 0 saturated carbocycles. The largest absolute Gasteiger partial charge is 0.490 e. The highest BCUT2D eigenvalue weighted by molar-refractivity contribution is 7.15. The number of fused-ring (bicyclic) bond motifs is 1. The second kappa shape index (κ2) is 8.34.